The van der Waals surface area contributed by atoms with E-state index in [0.29, 0.717) is 5.41 Å². The number of nitrogens with one attached hydrogen (secondary N) is 1. The number of guanidine groups is 1. The Kier molecular flexibility index (Phi) is 6.38. The lowest BCUT2D eigenvalue weighted by Crippen LogP contribution is -2.42. The van der Waals surface area contributed by atoms with Crippen molar-refractivity contribution < 1.29 is 0 Å². The molecule has 4 heteroatoms. The van der Waals surface area contributed by atoms with E-state index in [2.05, 4.69) is 21.3 Å². The molecule has 2 aliphatic carbocycles. The monoisotopic (exact) mass is 403 g/mol. The third kappa shape index (κ3) is 4.14. The quantitative estimate of drug-likeness (QED) is 0.335. The molecule has 1 N–H and O–H groups in total. The van der Waals surface area contributed by atoms with Gasteiger partial charge in [-0.15, -0.1) is 24.0 Å². The summed E-state index contributed by atoms with van der Waals surface area (Å²) >= 11 is 0. The van der Waals surface area contributed by atoms with Crippen molar-refractivity contribution in [2.75, 3.05) is 26.7 Å². The molecule has 0 radical (unpaired) electrons. The Labute approximate surface area is 146 Å². The van der Waals surface area contributed by atoms with Gasteiger partial charge in [0.1, 0.15) is 0 Å². The number of nitrogens with zero attached hydrogens (tertiary/aromatic N) is 2. The predicted octanol–water partition coefficient (Wildman–Crippen LogP) is 3.95. The third-order valence-corrected chi connectivity index (χ3v) is 5.48. The maximum atomic E-state index is 4.49. The molecule has 0 amide bonds. The fraction of sp³-hybridized carbons (Fsp3) is 0.824. The number of allylic oxidation sites excluding steroid dienone is 1. The molecule has 3 nitrogen and oxygen atoms in total. The highest BCUT2D eigenvalue weighted by Crippen LogP contribution is 2.47. The Balaban J connectivity index is 0.00000161. The number of halogens is 1. The summed E-state index contributed by atoms with van der Waals surface area (Å²) in [6, 6.07) is 0. The van der Waals surface area contributed by atoms with E-state index in [0.717, 1.165) is 12.5 Å². The van der Waals surface area contributed by atoms with Crippen molar-refractivity contribution >= 4 is 29.9 Å². The van der Waals surface area contributed by atoms with Crippen LogP contribution in [0.2, 0.25) is 0 Å². The molecule has 3 rings (SSSR count). The summed E-state index contributed by atoms with van der Waals surface area (Å²) in [6.07, 6.45) is 14.7. The second kappa shape index (κ2) is 7.84. The fourth-order valence-corrected chi connectivity index (χ4v) is 4.00. The van der Waals surface area contributed by atoms with Crippen LogP contribution in [-0.4, -0.2) is 37.5 Å². The lowest BCUT2D eigenvalue weighted by Gasteiger charge is -2.38. The molecule has 1 saturated carbocycles. The average Bonchev–Trinajstić information content (AvgIpc) is 2.90. The number of hydrogen-bond donors (Lipinski definition) is 1. The van der Waals surface area contributed by atoms with Crippen LogP contribution in [0, 0.1) is 5.41 Å². The maximum Gasteiger partial charge on any atom is 0.193 e. The minimum absolute atomic E-state index is 0. The summed E-state index contributed by atoms with van der Waals surface area (Å²) < 4.78 is 0. The third-order valence-electron chi connectivity index (χ3n) is 5.48. The van der Waals surface area contributed by atoms with Crippen LogP contribution in [-0.2, 0) is 0 Å². The van der Waals surface area contributed by atoms with Gasteiger partial charge in [-0.1, -0.05) is 18.1 Å². The number of aliphatic imine (C=N–C) groups is 1. The average molecular weight is 403 g/mol. The number of rotatable bonds is 3. The van der Waals surface area contributed by atoms with Crippen LogP contribution in [0.4, 0.5) is 0 Å². The molecule has 1 heterocycles. The van der Waals surface area contributed by atoms with E-state index in [-0.39, 0.29) is 24.0 Å². The SMILES string of the molecule is CN=C(NCCC1=CCCCC1)N1CCC2(CCC2)C1.I. The van der Waals surface area contributed by atoms with E-state index in [1.807, 2.05) is 7.05 Å². The second-order valence-corrected chi connectivity index (χ2v) is 6.86. The van der Waals surface area contributed by atoms with Crippen molar-refractivity contribution in [2.45, 2.75) is 57.8 Å². The van der Waals surface area contributed by atoms with Crippen LogP contribution < -0.4 is 5.32 Å². The molecule has 0 aromatic heterocycles. The minimum atomic E-state index is 0. The second-order valence-electron chi connectivity index (χ2n) is 6.86. The minimum Gasteiger partial charge on any atom is -0.356 e. The molecule has 1 aliphatic heterocycles. The standard InChI is InChI=1S/C17H29N3.HI/c1-18-16(19-12-8-15-6-3-2-4-7-15)20-13-11-17(14-20)9-5-10-17;/h6H,2-5,7-14H2,1H3,(H,18,19);1H. The maximum absolute atomic E-state index is 4.49. The van der Waals surface area contributed by atoms with Crippen LogP contribution in [0.25, 0.3) is 0 Å². The van der Waals surface area contributed by atoms with Gasteiger partial charge in [-0.2, -0.15) is 0 Å². The lowest BCUT2D eigenvalue weighted by atomic mass is 9.68. The van der Waals surface area contributed by atoms with Crippen molar-refractivity contribution in [3.63, 3.8) is 0 Å². The van der Waals surface area contributed by atoms with Gasteiger partial charge in [0.15, 0.2) is 5.96 Å². The zero-order valence-electron chi connectivity index (χ0n) is 13.4. The van der Waals surface area contributed by atoms with E-state index < -0.39 is 0 Å². The van der Waals surface area contributed by atoms with Gasteiger partial charge in [0.2, 0.25) is 0 Å². The Morgan fingerprint density at radius 2 is 2.14 bits per heavy atom. The first-order valence-electron chi connectivity index (χ1n) is 8.45. The summed E-state index contributed by atoms with van der Waals surface area (Å²) in [5.74, 6) is 1.13. The Morgan fingerprint density at radius 3 is 2.71 bits per heavy atom. The number of likely N-dealkylation sites (tertiary alicyclic amines) is 1. The first kappa shape index (κ1) is 17.1. The lowest BCUT2D eigenvalue weighted by molar-refractivity contribution is 0.151. The molecule has 2 fully saturated rings. The molecule has 0 atom stereocenters. The molecule has 0 unspecified atom stereocenters. The molecule has 0 bridgehead atoms. The van der Waals surface area contributed by atoms with Gasteiger partial charge in [-0.25, -0.2) is 0 Å². The molecule has 120 valence electrons. The molecule has 1 spiro atoms. The highest BCUT2D eigenvalue weighted by molar-refractivity contribution is 14.0. The van der Waals surface area contributed by atoms with Crippen LogP contribution in [0.1, 0.15) is 57.8 Å². The summed E-state index contributed by atoms with van der Waals surface area (Å²) in [5, 5.41) is 3.58. The topological polar surface area (TPSA) is 27.6 Å². The van der Waals surface area contributed by atoms with Gasteiger partial charge in [0.25, 0.3) is 0 Å². The molecule has 0 aromatic carbocycles. The van der Waals surface area contributed by atoms with Gasteiger partial charge in [-0.3, -0.25) is 4.99 Å². The van der Waals surface area contributed by atoms with E-state index >= 15 is 0 Å². The Morgan fingerprint density at radius 1 is 1.29 bits per heavy atom. The van der Waals surface area contributed by atoms with E-state index in [4.69, 9.17) is 0 Å². The van der Waals surface area contributed by atoms with E-state index in [9.17, 15) is 0 Å². The normalized spacial score (nSPS) is 24.3. The number of hydrogen-bond acceptors (Lipinski definition) is 1. The van der Waals surface area contributed by atoms with Gasteiger partial charge >= 0.3 is 0 Å². The molecule has 1 saturated heterocycles. The van der Waals surface area contributed by atoms with Crippen molar-refractivity contribution in [3.8, 4) is 0 Å². The Bertz CT molecular complexity index is 399. The molecule has 3 aliphatic rings. The highest BCUT2D eigenvalue weighted by atomic mass is 127. The van der Waals surface area contributed by atoms with Crippen molar-refractivity contribution in [3.05, 3.63) is 11.6 Å². The van der Waals surface area contributed by atoms with Crippen LogP contribution in [0.3, 0.4) is 0 Å². The molecular formula is C17H30IN3. The van der Waals surface area contributed by atoms with E-state index in [1.54, 1.807) is 5.57 Å². The molecule has 21 heavy (non-hydrogen) atoms. The highest BCUT2D eigenvalue weighted by Gasteiger charge is 2.43. The zero-order valence-corrected chi connectivity index (χ0v) is 15.7. The van der Waals surface area contributed by atoms with Gasteiger partial charge in [-0.05, 0) is 56.8 Å². The van der Waals surface area contributed by atoms with Crippen LogP contribution in [0.15, 0.2) is 16.6 Å². The fourth-order valence-electron chi connectivity index (χ4n) is 4.00. The zero-order chi connectivity index (χ0) is 13.8. The summed E-state index contributed by atoms with van der Waals surface area (Å²) in [7, 11) is 1.92. The van der Waals surface area contributed by atoms with Gasteiger partial charge < -0.3 is 10.2 Å². The Hall–Kier alpha value is -0.260. The first-order chi connectivity index (χ1) is 9.81. The van der Waals surface area contributed by atoms with E-state index in [1.165, 1.54) is 70.9 Å². The van der Waals surface area contributed by atoms with Crippen molar-refractivity contribution in [1.29, 1.82) is 0 Å². The van der Waals surface area contributed by atoms with Crippen molar-refractivity contribution in [1.82, 2.24) is 10.2 Å². The summed E-state index contributed by atoms with van der Waals surface area (Å²) in [5.41, 5.74) is 2.31. The smallest absolute Gasteiger partial charge is 0.193 e. The first-order valence-corrected chi connectivity index (χ1v) is 8.45. The summed E-state index contributed by atoms with van der Waals surface area (Å²) in [4.78, 5) is 6.97. The molecular weight excluding hydrogens is 373 g/mol. The van der Waals surface area contributed by atoms with Gasteiger partial charge in [0.05, 0.1) is 0 Å². The van der Waals surface area contributed by atoms with Crippen molar-refractivity contribution in [2.24, 2.45) is 10.4 Å². The summed E-state index contributed by atoms with van der Waals surface area (Å²) in [6.45, 7) is 3.47. The van der Waals surface area contributed by atoms with Crippen LogP contribution in [0.5, 0.6) is 0 Å². The largest absolute Gasteiger partial charge is 0.356 e. The molecule has 0 aromatic rings. The predicted molar refractivity (Wildman–Crippen MR) is 100 cm³/mol. The van der Waals surface area contributed by atoms with Gasteiger partial charge in [0, 0.05) is 26.7 Å². The van der Waals surface area contributed by atoms with Crippen LogP contribution >= 0.6 is 24.0 Å².